The molecule has 0 bridgehead atoms. The van der Waals surface area contributed by atoms with E-state index < -0.39 is 41.0 Å². The van der Waals surface area contributed by atoms with Crippen LogP contribution in [0.5, 0.6) is 0 Å². The van der Waals surface area contributed by atoms with Gasteiger partial charge < -0.3 is 4.42 Å². The molecular weight excluding hydrogens is 516 g/mol. The third kappa shape index (κ3) is 4.93. The summed E-state index contributed by atoms with van der Waals surface area (Å²) in [5.74, 6) is -0.561. The summed E-state index contributed by atoms with van der Waals surface area (Å²) in [6.45, 7) is 1.47. The Bertz CT molecular complexity index is 1610. The first-order chi connectivity index (χ1) is 16.8. The third-order valence-electron chi connectivity index (χ3n) is 5.06. The van der Waals surface area contributed by atoms with Gasteiger partial charge in [0, 0.05) is 17.7 Å². The van der Waals surface area contributed by atoms with Crippen molar-refractivity contribution in [3.05, 3.63) is 75.2 Å². The zero-order valence-electron chi connectivity index (χ0n) is 17.9. The first-order valence-corrected chi connectivity index (χ1v) is 10.3. The number of alkyl halides is 6. The molecule has 0 aliphatic heterocycles. The van der Waals surface area contributed by atoms with Crippen LogP contribution in [0, 0.1) is 12.3 Å². The Hall–Kier alpha value is -3.84. The summed E-state index contributed by atoms with van der Waals surface area (Å²) in [4.78, 5) is 24.5. The van der Waals surface area contributed by atoms with E-state index in [2.05, 4.69) is 15.0 Å². The lowest BCUT2D eigenvalue weighted by atomic mass is 10.0. The Morgan fingerprint density at radius 1 is 1.11 bits per heavy atom. The Kier molecular flexibility index (Phi) is 6.31. The molecule has 0 saturated carbocycles. The van der Waals surface area contributed by atoms with Crippen LogP contribution in [-0.2, 0) is 6.18 Å². The predicted octanol–water partition coefficient (Wildman–Crippen LogP) is 4.93. The third-order valence-corrected chi connectivity index (χ3v) is 5.38. The predicted molar refractivity (Wildman–Crippen MR) is 118 cm³/mol. The molecule has 4 aromatic rings. The van der Waals surface area contributed by atoms with Crippen molar-refractivity contribution in [3.63, 3.8) is 0 Å². The number of aromatic nitrogens is 3. The van der Waals surface area contributed by atoms with Gasteiger partial charge in [-0.15, -0.1) is 0 Å². The van der Waals surface area contributed by atoms with Gasteiger partial charge in [-0.2, -0.15) is 26.3 Å². The number of aryl methyl sites for hydroxylation is 1. The zero-order chi connectivity index (χ0) is 26.4. The number of benzene rings is 1. The maximum Gasteiger partial charge on any atom is 0.433 e. The van der Waals surface area contributed by atoms with Crippen LogP contribution >= 0.6 is 11.6 Å². The summed E-state index contributed by atoms with van der Waals surface area (Å²) in [5.41, 5.74) is -4.35. The van der Waals surface area contributed by atoms with E-state index in [4.69, 9.17) is 21.4 Å². The summed E-state index contributed by atoms with van der Waals surface area (Å²) in [5, 5.41) is 8.50. The quantitative estimate of drug-likeness (QED) is 0.222. The van der Waals surface area contributed by atoms with Gasteiger partial charge in [-0.25, -0.2) is 19.7 Å². The number of nitrogens with zero attached hydrogens (tertiary/aromatic N) is 3. The molecule has 0 unspecified atom stereocenters. The number of rotatable bonds is 4. The van der Waals surface area contributed by atoms with E-state index in [0.717, 1.165) is 23.5 Å². The Morgan fingerprint density at radius 3 is 2.47 bits per heavy atom. The fourth-order valence-corrected chi connectivity index (χ4v) is 3.51. The smallest absolute Gasteiger partial charge is 0.398 e. The van der Waals surface area contributed by atoms with Crippen molar-refractivity contribution in [3.8, 4) is 0 Å². The van der Waals surface area contributed by atoms with E-state index in [0.29, 0.717) is 6.08 Å². The second-order valence-corrected chi connectivity index (χ2v) is 7.90. The first-order valence-electron chi connectivity index (χ1n) is 9.91. The fraction of sp³-hybridized carbons (Fsp3) is 0.136. The molecule has 7 nitrogen and oxygen atoms in total. The van der Waals surface area contributed by atoms with Crippen LogP contribution < -0.4 is 10.9 Å². The highest BCUT2D eigenvalue weighted by molar-refractivity contribution is 6.32. The van der Waals surface area contributed by atoms with Gasteiger partial charge in [0.15, 0.2) is 0 Å². The number of hydrogen-bond acceptors (Lipinski definition) is 6. The van der Waals surface area contributed by atoms with Gasteiger partial charge in [-0.3, -0.25) is 10.7 Å². The van der Waals surface area contributed by atoms with Crippen LogP contribution in [0.15, 0.2) is 51.8 Å². The molecule has 14 heteroatoms. The highest BCUT2D eigenvalue weighted by Crippen LogP contribution is 2.31. The van der Waals surface area contributed by atoms with Crippen LogP contribution in [0.3, 0.4) is 0 Å². The van der Waals surface area contributed by atoms with Gasteiger partial charge in [-0.05, 0) is 36.8 Å². The normalized spacial score (nSPS) is 12.9. The highest BCUT2D eigenvalue weighted by Gasteiger charge is 2.35. The highest BCUT2D eigenvalue weighted by atomic mass is 35.5. The van der Waals surface area contributed by atoms with Crippen LogP contribution in [0.1, 0.15) is 17.1 Å². The van der Waals surface area contributed by atoms with Gasteiger partial charge in [-0.1, -0.05) is 17.7 Å². The molecule has 0 amide bonds. The maximum atomic E-state index is 13.1. The molecule has 3 N–H and O–H groups in total. The minimum absolute atomic E-state index is 0.0176. The molecule has 0 aliphatic rings. The van der Waals surface area contributed by atoms with E-state index in [1.807, 2.05) is 0 Å². The van der Waals surface area contributed by atoms with E-state index >= 15 is 0 Å². The van der Waals surface area contributed by atoms with Crippen molar-refractivity contribution >= 4 is 50.6 Å². The standard InChI is InChI=1S/C22H12ClF6N5O2/c1-9-10-4-5-16(22(27,28)29)32-13(10)7-11-17(9)34-19(36-20(11)35)14(8-15(30)21(24,25)26)33-18-12(23)3-2-6-31-18/h2-8,30H,1H3,(H,31,33)/p+1/b14-8-,30-15?. The van der Waals surface area contributed by atoms with Crippen LogP contribution in [-0.4, -0.2) is 26.8 Å². The average molecular weight is 529 g/mol. The van der Waals surface area contributed by atoms with Crippen molar-refractivity contribution in [2.45, 2.75) is 19.3 Å². The van der Waals surface area contributed by atoms with E-state index in [1.165, 1.54) is 25.3 Å². The van der Waals surface area contributed by atoms with Gasteiger partial charge in [0.05, 0.1) is 16.4 Å². The minimum atomic E-state index is -5.02. The molecule has 186 valence electrons. The minimum Gasteiger partial charge on any atom is -0.398 e. The number of hydrogen-bond donors (Lipinski definition) is 2. The zero-order valence-corrected chi connectivity index (χ0v) is 18.7. The van der Waals surface area contributed by atoms with Crippen molar-refractivity contribution in [2.24, 2.45) is 0 Å². The van der Waals surface area contributed by atoms with Gasteiger partial charge >= 0.3 is 18.0 Å². The molecule has 3 heterocycles. The largest absolute Gasteiger partial charge is 0.433 e. The Morgan fingerprint density at radius 2 is 1.83 bits per heavy atom. The number of halogens is 7. The number of fused-ring (bicyclic) bond motifs is 2. The SMILES string of the molecule is Cc1c2ccc(C(F)(F)F)nc2cc2c(=O)oc(/C(=C/C(=N)C(F)(F)F)[NH2+]c3ncccc3Cl)nc12. The van der Waals surface area contributed by atoms with E-state index in [9.17, 15) is 31.1 Å². The summed E-state index contributed by atoms with van der Waals surface area (Å²) in [6.07, 6.45) is -8.00. The summed E-state index contributed by atoms with van der Waals surface area (Å²) >= 11 is 6.05. The molecule has 0 fully saturated rings. The molecule has 36 heavy (non-hydrogen) atoms. The molecule has 0 radical (unpaired) electrons. The first kappa shape index (κ1) is 25.3. The number of nitrogens with one attached hydrogen (secondary N) is 1. The second kappa shape index (κ2) is 8.99. The van der Waals surface area contributed by atoms with Crippen LogP contribution in [0.2, 0.25) is 5.02 Å². The number of quaternary nitrogens is 1. The van der Waals surface area contributed by atoms with Crippen molar-refractivity contribution in [2.75, 3.05) is 0 Å². The second-order valence-electron chi connectivity index (χ2n) is 7.49. The molecule has 3 aromatic heterocycles. The molecule has 0 spiro atoms. The summed E-state index contributed by atoms with van der Waals surface area (Å²) < 4.78 is 83.7. The molecule has 1 aromatic carbocycles. The number of allylic oxidation sites excluding steroid dienone is 1. The number of nitrogens with two attached hydrogens (primary N) is 1. The summed E-state index contributed by atoms with van der Waals surface area (Å²) in [7, 11) is 0. The molecule has 4 rings (SSSR count). The topological polar surface area (TPSA) is 109 Å². The van der Waals surface area contributed by atoms with Crippen LogP contribution in [0.4, 0.5) is 32.2 Å². The Labute approximate surface area is 202 Å². The molecule has 0 aliphatic carbocycles. The van der Waals surface area contributed by atoms with E-state index in [-0.39, 0.29) is 38.2 Å². The van der Waals surface area contributed by atoms with Gasteiger partial charge in [0.1, 0.15) is 16.4 Å². The average Bonchev–Trinajstić information content (AvgIpc) is 2.79. The monoisotopic (exact) mass is 528 g/mol. The molecule has 0 atom stereocenters. The fourth-order valence-electron chi connectivity index (χ4n) is 3.34. The lowest BCUT2D eigenvalue weighted by Gasteiger charge is -2.11. The maximum absolute atomic E-state index is 13.1. The van der Waals surface area contributed by atoms with Crippen molar-refractivity contribution < 1.29 is 36.1 Å². The number of pyridine rings is 2. The molecular formula is C22H13ClF6N5O2+. The van der Waals surface area contributed by atoms with Crippen LogP contribution in [0.25, 0.3) is 27.5 Å². The van der Waals surface area contributed by atoms with Gasteiger partial charge in [0.25, 0.3) is 5.89 Å². The lowest BCUT2D eigenvalue weighted by Crippen LogP contribution is -2.75. The Balaban J connectivity index is 1.94. The molecule has 0 saturated heterocycles. The van der Waals surface area contributed by atoms with Crippen molar-refractivity contribution in [1.82, 2.24) is 15.0 Å². The van der Waals surface area contributed by atoms with Crippen molar-refractivity contribution in [1.29, 1.82) is 5.41 Å². The van der Waals surface area contributed by atoms with E-state index in [1.54, 1.807) is 0 Å². The van der Waals surface area contributed by atoms with Gasteiger partial charge in [0.2, 0.25) is 11.5 Å². The summed E-state index contributed by atoms with van der Waals surface area (Å²) in [6, 6.07) is 5.90. The lowest BCUT2D eigenvalue weighted by molar-refractivity contribution is -0.475.